The maximum Gasteiger partial charge on any atom is 0.422 e. The molecule has 0 bridgehead atoms. The molecule has 0 amide bonds. The number of aryl methyl sites for hydroxylation is 1. The summed E-state index contributed by atoms with van der Waals surface area (Å²) < 4.78 is 46.2. The zero-order valence-corrected chi connectivity index (χ0v) is 9.74. The minimum atomic E-state index is -4.45. The Hall–Kier alpha value is -1.93. The fourth-order valence-electron chi connectivity index (χ4n) is 1.09. The number of rotatable bonds is 5. The topological polar surface area (TPSA) is 65.4 Å². The van der Waals surface area contributed by atoms with Gasteiger partial charge in [0.1, 0.15) is 12.2 Å². The molecule has 0 aromatic carbocycles. The molecule has 0 aliphatic heterocycles. The van der Waals surface area contributed by atoms with Crippen LogP contribution in [0.25, 0.3) is 0 Å². The molecule has 9 heteroatoms. The van der Waals surface area contributed by atoms with Crippen LogP contribution in [0.1, 0.15) is 0 Å². The second kappa shape index (κ2) is 5.61. The van der Waals surface area contributed by atoms with Crippen molar-refractivity contribution in [3.05, 3.63) is 6.20 Å². The average molecular weight is 267 g/mol. The van der Waals surface area contributed by atoms with Crippen molar-refractivity contribution in [1.29, 1.82) is 0 Å². The van der Waals surface area contributed by atoms with Gasteiger partial charge in [0.15, 0.2) is 6.61 Å². The third kappa shape index (κ3) is 4.52. The van der Waals surface area contributed by atoms with Crippen LogP contribution in [0.2, 0.25) is 0 Å². The van der Waals surface area contributed by atoms with Crippen LogP contribution in [0.5, 0.6) is 5.88 Å². The summed E-state index contributed by atoms with van der Waals surface area (Å²) in [6.45, 7) is -1.64. The van der Waals surface area contributed by atoms with Crippen molar-refractivity contribution in [2.24, 2.45) is 7.05 Å². The number of carbonyl (C=O) groups excluding carboxylic acids is 1. The summed E-state index contributed by atoms with van der Waals surface area (Å²) in [5.74, 6) is -0.778. The van der Waals surface area contributed by atoms with Crippen molar-refractivity contribution < 1.29 is 27.4 Å². The molecular formula is C9H12F3N3O3. The molecule has 0 saturated carbocycles. The molecule has 6 nitrogen and oxygen atoms in total. The largest absolute Gasteiger partial charge is 0.468 e. The van der Waals surface area contributed by atoms with Gasteiger partial charge in [0, 0.05) is 7.05 Å². The molecule has 0 unspecified atom stereocenters. The monoisotopic (exact) mass is 267 g/mol. The van der Waals surface area contributed by atoms with E-state index in [-0.39, 0.29) is 18.1 Å². The number of nitrogens with zero attached hydrogens (tertiary/aromatic N) is 2. The Morgan fingerprint density at radius 1 is 1.56 bits per heavy atom. The Labute approximate surface area is 101 Å². The minimum absolute atomic E-state index is 0.187. The van der Waals surface area contributed by atoms with E-state index >= 15 is 0 Å². The number of halogens is 3. The highest BCUT2D eigenvalue weighted by molar-refractivity contribution is 5.75. The van der Waals surface area contributed by atoms with Gasteiger partial charge in [-0.15, -0.1) is 5.10 Å². The van der Waals surface area contributed by atoms with Crippen molar-refractivity contribution in [3.63, 3.8) is 0 Å². The predicted octanol–water partition coefficient (Wildman–Crippen LogP) is 0.946. The Morgan fingerprint density at radius 2 is 2.22 bits per heavy atom. The number of carbonyl (C=O) groups is 1. The molecule has 1 aromatic heterocycles. The van der Waals surface area contributed by atoms with E-state index < -0.39 is 18.8 Å². The number of esters is 1. The first-order valence-electron chi connectivity index (χ1n) is 4.85. The molecule has 0 fully saturated rings. The fraction of sp³-hybridized carbons (Fsp3) is 0.556. The zero-order chi connectivity index (χ0) is 13.8. The van der Waals surface area contributed by atoms with Gasteiger partial charge in [-0.25, -0.2) is 0 Å². The summed E-state index contributed by atoms with van der Waals surface area (Å²) in [6.07, 6.45) is -3.05. The Morgan fingerprint density at radius 3 is 2.78 bits per heavy atom. The standard InChI is InChI=1S/C9H12F3N3O3/c1-15-4-6(13-3-7(16)17-2)8(14-15)18-5-9(10,11)12/h4,13H,3,5H2,1-2H3. The van der Waals surface area contributed by atoms with Gasteiger partial charge in [0.25, 0.3) is 5.88 Å². The van der Waals surface area contributed by atoms with Crippen LogP contribution in [-0.4, -0.2) is 42.2 Å². The highest BCUT2D eigenvalue weighted by Gasteiger charge is 2.29. The van der Waals surface area contributed by atoms with E-state index in [1.807, 2.05) is 0 Å². The number of hydrogen-bond donors (Lipinski definition) is 1. The maximum atomic E-state index is 12.0. The second-order valence-corrected chi connectivity index (χ2v) is 3.36. The van der Waals surface area contributed by atoms with E-state index in [0.717, 1.165) is 0 Å². The van der Waals surface area contributed by atoms with Gasteiger partial charge in [-0.3, -0.25) is 9.48 Å². The number of nitrogens with one attached hydrogen (secondary N) is 1. The summed E-state index contributed by atoms with van der Waals surface area (Å²) in [6, 6.07) is 0. The zero-order valence-electron chi connectivity index (χ0n) is 9.74. The van der Waals surface area contributed by atoms with E-state index in [9.17, 15) is 18.0 Å². The molecule has 0 aliphatic carbocycles. The summed E-state index contributed by atoms with van der Waals surface area (Å²) >= 11 is 0. The van der Waals surface area contributed by atoms with E-state index in [2.05, 4.69) is 19.9 Å². The predicted molar refractivity (Wildman–Crippen MR) is 55.3 cm³/mol. The third-order valence-electron chi connectivity index (χ3n) is 1.82. The van der Waals surface area contributed by atoms with Gasteiger partial charge < -0.3 is 14.8 Å². The van der Waals surface area contributed by atoms with Gasteiger partial charge in [-0.05, 0) is 0 Å². The molecule has 0 aliphatic rings. The van der Waals surface area contributed by atoms with Crippen molar-refractivity contribution in [1.82, 2.24) is 9.78 Å². The maximum absolute atomic E-state index is 12.0. The molecule has 0 spiro atoms. The SMILES string of the molecule is COC(=O)CNc1cn(C)nc1OCC(F)(F)F. The Balaban J connectivity index is 2.64. The van der Waals surface area contributed by atoms with Crippen LogP contribution in [-0.2, 0) is 16.6 Å². The molecule has 0 saturated heterocycles. The smallest absolute Gasteiger partial charge is 0.422 e. The minimum Gasteiger partial charge on any atom is -0.468 e. The van der Waals surface area contributed by atoms with E-state index in [1.54, 1.807) is 0 Å². The Bertz CT molecular complexity index is 417. The Kier molecular flexibility index (Phi) is 4.40. The number of methoxy groups -OCH3 is 1. The number of ether oxygens (including phenoxy) is 2. The van der Waals surface area contributed by atoms with Crippen LogP contribution in [0.3, 0.4) is 0 Å². The number of aromatic nitrogens is 2. The lowest BCUT2D eigenvalue weighted by Crippen LogP contribution is -2.20. The summed E-state index contributed by atoms with van der Waals surface area (Å²) in [5, 5.41) is 6.27. The lowest BCUT2D eigenvalue weighted by molar-refractivity contribution is -0.154. The number of anilines is 1. The summed E-state index contributed by atoms with van der Waals surface area (Å²) in [4.78, 5) is 10.9. The van der Waals surface area contributed by atoms with Crippen LogP contribution >= 0.6 is 0 Å². The molecule has 102 valence electrons. The van der Waals surface area contributed by atoms with Gasteiger partial charge in [0.2, 0.25) is 0 Å². The molecule has 18 heavy (non-hydrogen) atoms. The normalized spacial score (nSPS) is 11.2. The highest BCUT2D eigenvalue weighted by atomic mass is 19.4. The first-order chi connectivity index (χ1) is 8.31. The highest BCUT2D eigenvalue weighted by Crippen LogP contribution is 2.24. The molecular weight excluding hydrogens is 255 g/mol. The van der Waals surface area contributed by atoms with Crippen molar-refractivity contribution in [3.8, 4) is 5.88 Å². The molecule has 0 atom stereocenters. The fourth-order valence-corrected chi connectivity index (χ4v) is 1.09. The first kappa shape index (κ1) is 14.1. The van der Waals surface area contributed by atoms with Crippen molar-refractivity contribution >= 4 is 11.7 Å². The number of alkyl halides is 3. The molecule has 1 rings (SSSR count). The van der Waals surface area contributed by atoms with Crippen molar-refractivity contribution in [2.75, 3.05) is 25.6 Å². The lowest BCUT2D eigenvalue weighted by atomic mass is 10.5. The second-order valence-electron chi connectivity index (χ2n) is 3.36. The van der Waals surface area contributed by atoms with Gasteiger partial charge in [-0.2, -0.15) is 13.2 Å². The third-order valence-corrected chi connectivity index (χ3v) is 1.82. The van der Waals surface area contributed by atoms with Gasteiger partial charge in [0.05, 0.1) is 13.3 Å². The van der Waals surface area contributed by atoms with Crippen LogP contribution in [0.4, 0.5) is 18.9 Å². The van der Waals surface area contributed by atoms with Crippen molar-refractivity contribution in [2.45, 2.75) is 6.18 Å². The number of hydrogen-bond acceptors (Lipinski definition) is 5. The van der Waals surface area contributed by atoms with Gasteiger partial charge in [-0.1, -0.05) is 0 Å². The van der Waals surface area contributed by atoms with E-state index in [1.165, 1.54) is 25.0 Å². The molecule has 1 aromatic rings. The van der Waals surface area contributed by atoms with E-state index in [4.69, 9.17) is 0 Å². The summed E-state index contributed by atoms with van der Waals surface area (Å²) in [5.41, 5.74) is 0.187. The van der Waals surface area contributed by atoms with Crippen LogP contribution < -0.4 is 10.1 Å². The quantitative estimate of drug-likeness (QED) is 0.804. The molecule has 1 heterocycles. The molecule has 1 N–H and O–H groups in total. The van der Waals surface area contributed by atoms with Crippen LogP contribution in [0.15, 0.2) is 6.20 Å². The average Bonchev–Trinajstić information content (AvgIpc) is 2.63. The van der Waals surface area contributed by atoms with Gasteiger partial charge >= 0.3 is 12.1 Å². The van der Waals surface area contributed by atoms with E-state index in [0.29, 0.717) is 0 Å². The lowest BCUT2D eigenvalue weighted by Gasteiger charge is -2.08. The first-order valence-corrected chi connectivity index (χ1v) is 4.85. The molecule has 0 radical (unpaired) electrons. The van der Waals surface area contributed by atoms with Crippen LogP contribution in [0, 0.1) is 0 Å². The summed E-state index contributed by atoms with van der Waals surface area (Å²) in [7, 11) is 2.72.